The Morgan fingerprint density at radius 2 is 1.57 bits per heavy atom. The van der Waals surface area contributed by atoms with Crippen LogP contribution < -0.4 is 15.4 Å². The highest BCUT2D eigenvalue weighted by atomic mass is 35.5. The van der Waals surface area contributed by atoms with E-state index < -0.39 is 5.91 Å². The third kappa shape index (κ3) is 6.63. The number of ether oxygens (including phenoxy) is 1. The predicted molar refractivity (Wildman–Crippen MR) is 140 cm³/mol. The molecule has 3 aromatic carbocycles. The smallest absolute Gasteiger partial charge is 0.266 e. The van der Waals surface area contributed by atoms with E-state index in [0.717, 1.165) is 16.7 Å². The first-order valence-electron chi connectivity index (χ1n) is 10.7. The lowest BCUT2D eigenvalue weighted by Gasteiger charge is -2.12. The van der Waals surface area contributed by atoms with Crippen LogP contribution >= 0.6 is 23.2 Å². The van der Waals surface area contributed by atoms with E-state index >= 15 is 0 Å². The highest BCUT2D eigenvalue weighted by Crippen LogP contribution is 2.35. The summed E-state index contributed by atoms with van der Waals surface area (Å²) in [6, 6.07) is 17.8. The van der Waals surface area contributed by atoms with E-state index in [9.17, 15) is 14.9 Å². The molecule has 2 amide bonds. The monoisotopic (exact) mass is 507 g/mol. The average Bonchev–Trinajstić information content (AvgIpc) is 2.81. The normalized spacial score (nSPS) is 10.9. The van der Waals surface area contributed by atoms with Gasteiger partial charge < -0.3 is 15.4 Å². The van der Waals surface area contributed by atoms with E-state index in [4.69, 9.17) is 27.9 Å². The SMILES string of the molecule is Cc1ccccc1NC(=O)COc1c(Cl)cc(/C=C(/C#N)C(=O)Nc2cccc(C)c2C)cc1Cl. The number of carbonyl (C=O) groups excluding carboxylic acids is 2. The van der Waals surface area contributed by atoms with Crippen LogP contribution in [0.1, 0.15) is 22.3 Å². The van der Waals surface area contributed by atoms with Crippen LogP contribution in [0.5, 0.6) is 5.75 Å². The van der Waals surface area contributed by atoms with Crippen molar-refractivity contribution in [2.45, 2.75) is 20.8 Å². The largest absolute Gasteiger partial charge is 0.481 e. The van der Waals surface area contributed by atoms with Gasteiger partial charge in [0.15, 0.2) is 12.4 Å². The fourth-order valence-corrected chi connectivity index (χ4v) is 3.84. The standard InChI is InChI=1S/C27H23Cl2N3O3/c1-16-8-6-10-24(18(16)3)32-27(34)20(14-30)11-19-12-21(28)26(22(29)13-19)35-15-25(33)31-23-9-5-4-7-17(23)2/h4-13H,15H2,1-3H3,(H,31,33)(H,32,34)/b20-11-. The van der Waals surface area contributed by atoms with Crippen molar-refractivity contribution < 1.29 is 14.3 Å². The summed E-state index contributed by atoms with van der Waals surface area (Å²) in [6.45, 7) is 5.41. The second kappa shape index (κ2) is 11.6. The first-order valence-corrected chi connectivity index (χ1v) is 11.4. The molecule has 0 atom stereocenters. The average molecular weight is 508 g/mol. The Balaban J connectivity index is 1.72. The summed E-state index contributed by atoms with van der Waals surface area (Å²) in [6.07, 6.45) is 1.38. The van der Waals surface area contributed by atoms with Crippen LogP contribution in [0.15, 0.2) is 60.2 Å². The molecule has 6 nitrogen and oxygen atoms in total. The Bertz CT molecular complexity index is 1340. The Kier molecular flexibility index (Phi) is 8.53. The summed E-state index contributed by atoms with van der Waals surface area (Å²) in [5.41, 5.74) is 4.47. The Morgan fingerprint density at radius 3 is 2.23 bits per heavy atom. The molecule has 0 fully saturated rings. The van der Waals surface area contributed by atoms with Crippen molar-refractivity contribution in [3.63, 3.8) is 0 Å². The van der Waals surface area contributed by atoms with Crippen molar-refractivity contribution >= 4 is 52.5 Å². The third-order valence-corrected chi connectivity index (χ3v) is 5.88. The highest BCUT2D eigenvalue weighted by Gasteiger charge is 2.15. The van der Waals surface area contributed by atoms with E-state index in [1.165, 1.54) is 18.2 Å². The number of benzene rings is 3. The molecule has 3 rings (SSSR count). The van der Waals surface area contributed by atoms with Crippen LogP contribution in [0.3, 0.4) is 0 Å². The molecule has 0 aliphatic rings. The minimum Gasteiger partial charge on any atom is -0.481 e. The van der Waals surface area contributed by atoms with Gasteiger partial charge >= 0.3 is 0 Å². The maximum Gasteiger partial charge on any atom is 0.266 e. The zero-order valence-corrected chi connectivity index (χ0v) is 20.9. The highest BCUT2D eigenvalue weighted by molar-refractivity contribution is 6.37. The molecular formula is C27H23Cl2N3O3. The van der Waals surface area contributed by atoms with E-state index in [1.807, 2.05) is 57.2 Å². The molecule has 0 unspecified atom stereocenters. The quantitative estimate of drug-likeness (QED) is 0.282. The summed E-state index contributed by atoms with van der Waals surface area (Å²) >= 11 is 12.6. The molecular weight excluding hydrogens is 485 g/mol. The Morgan fingerprint density at radius 1 is 0.943 bits per heavy atom. The lowest BCUT2D eigenvalue weighted by atomic mass is 10.1. The number of para-hydroxylation sites is 1. The van der Waals surface area contributed by atoms with Crippen molar-refractivity contribution in [2.24, 2.45) is 0 Å². The Hall–Kier alpha value is -3.79. The second-order valence-electron chi connectivity index (χ2n) is 7.84. The summed E-state index contributed by atoms with van der Waals surface area (Å²) in [4.78, 5) is 24.9. The lowest BCUT2D eigenvalue weighted by Crippen LogP contribution is -2.20. The van der Waals surface area contributed by atoms with Crippen LogP contribution in [0, 0.1) is 32.1 Å². The van der Waals surface area contributed by atoms with Gasteiger partial charge in [0.1, 0.15) is 11.6 Å². The minimum absolute atomic E-state index is 0.121. The van der Waals surface area contributed by atoms with Crippen molar-refractivity contribution in [1.29, 1.82) is 5.26 Å². The van der Waals surface area contributed by atoms with Crippen LogP contribution in [-0.2, 0) is 9.59 Å². The van der Waals surface area contributed by atoms with E-state index in [-0.39, 0.29) is 33.9 Å². The molecule has 0 aromatic heterocycles. The van der Waals surface area contributed by atoms with Gasteiger partial charge in [-0.2, -0.15) is 5.26 Å². The van der Waals surface area contributed by atoms with Crippen molar-refractivity contribution in [3.8, 4) is 11.8 Å². The minimum atomic E-state index is -0.554. The van der Waals surface area contributed by atoms with Gasteiger partial charge in [-0.05, 0) is 73.4 Å². The van der Waals surface area contributed by atoms with Gasteiger partial charge in [0.2, 0.25) is 0 Å². The summed E-state index contributed by atoms with van der Waals surface area (Å²) in [7, 11) is 0. The number of hydrogen-bond acceptors (Lipinski definition) is 4. The van der Waals surface area contributed by atoms with Crippen LogP contribution in [0.2, 0.25) is 10.0 Å². The van der Waals surface area contributed by atoms with Gasteiger partial charge in [-0.25, -0.2) is 0 Å². The number of nitrogens with one attached hydrogen (secondary N) is 2. The van der Waals surface area contributed by atoms with Crippen LogP contribution in [0.4, 0.5) is 11.4 Å². The molecule has 0 saturated carbocycles. The van der Waals surface area contributed by atoms with Gasteiger partial charge in [0.05, 0.1) is 10.0 Å². The molecule has 8 heteroatoms. The van der Waals surface area contributed by atoms with Gasteiger partial charge in [0.25, 0.3) is 11.8 Å². The number of nitriles is 1. The van der Waals surface area contributed by atoms with Crippen LogP contribution in [-0.4, -0.2) is 18.4 Å². The van der Waals surface area contributed by atoms with Crippen molar-refractivity contribution in [1.82, 2.24) is 0 Å². The molecule has 0 aliphatic heterocycles. The van der Waals surface area contributed by atoms with Crippen molar-refractivity contribution in [3.05, 3.63) is 92.5 Å². The number of amides is 2. The van der Waals surface area contributed by atoms with Gasteiger partial charge in [-0.3, -0.25) is 9.59 Å². The third-order valence-electron chi connectivity index (χ3n) is 5.32. The molecule has 0 bridgehead atoms. The maximum absolute atomic E-state index is 12.7. The molecule has 0 aliphatic carbocycles. The number of rotatable bonds is 7. The zero-order chi connectivity index (χ0) is 25.5. The second-order valence-corrected chi connectivity index (χ2v) is 8.65. The summed E-state index contributed by atoms with van der Waals surface area (Å²) in [5.74, 6) is -0.796. The van der Waals surface area contributed by atoms with E-state index in [1.54, 1.807) is 12.1 Å². The summed E-state index contributed by atoms with van der Waals surface area (Å²) < 4.78 is 5.54. The number of nitrogens with zero attached hydrogens (tertiary/aromatic N) is 1. The summed E-state index contributed by atoms with van der Waals surface area (Å²) in [5, 5.41) is 15.3. The molecule has 3 aromatic rings. The number of anilines is 2. The molecule has 0 saturated heterocycles. The molecule has 0 radical (unpaired) electrons. The van der Waals surface area contributed by atoms with Gasteiger partial charge in [-0.1, -0.05) is 53.5 Å². The zero-order valence-electron chi connectivity index (χ0n) is 19.4. The number of halogens is 2. The van der Waals surface area contributed by atoms with Crippen molar-refractivity contribution in [2.75, 3.05) is 17.2 Å². The number of hydrogen-bond donors (Lipinski definition) is 2. The molecule has 2 N–H and O–H groups in total. The van der Waals surface area contributed by atoms with E-state index in [2.05, 4.69) is 10.6 Å². The lowest BCUT2D eigenvalue weighted by molar-refractivity contribution is -0.118. The Labute approximate surface area is 214 Å². The first kappa shape index (κ1) is 25.8. The van der Waals surface area contributed by atoms with E-state index in [0.29, 0.717) is 16.9 Å². The molecule has 0 spiro atoms. The fraction of sp³-hybridized carbons (Fsp3) is 0.148. The first-order chi connectivity index (χ1) is 16.7. The molecule has 0 heterocycles. The molecule has 35 heavy (non-hydrogen) atoms. The fourth-order valence-electron chi connectivity index (χ4n) is 3.23. The van der Waals surface area contributed by atoms with Gasteiger partial charge in [0, 0.05) is 11.4 Å². The van der Waals surface area contributed by atoms with Crippen LogP contribution in [0.25, 0.3) is 6.08 Å². The number of carbonyl (C=O) groups is 2. The predicted octanol–water partition coefficient (Wildman–Crippen LogP) is 6.48. The number of aryl methyl sites for hydroxylation is 2. The van der Waals surface area contributed by atoms with Gasteiger partial charge in [-0.15, -0.1) is 0 Å². The maximum atomic E-state index is 12.7. The molecule has 178 valence electrons. The topological polar surface area (TPSA) is 91.2 Å².